The summed E-state index contributed by atoms with van der Waals surface area (Å²) in [5, 5.41) is 0. The van der Waals surface area contributed by atoms with Gasteiger partial charge >= 0.3 is 0 Å². The van der Waals surface area contributed by atoms with E-state index in [-0.39, 0.29) is 0 Å². The van der Waals surface area contributed by atoms with E-state index in [1.807, 2.05) is 0 Å². The third-order valence-corrected chi connectivity index (χ3v) is 4.82. The second-order valence-corrected chi connectivity index (χ2v) is 6.84. The van der Waals surface area contributed by atoms with Crippen LogP contribution in [0.2, 0.25) is 0 Å². The maximum absolute atomic E-state index is 5.50. The maximum Gasteiger partial charge on any atom is 0.161 e. The first kappa shape index (κ1) is 15.4. The van der Waals surface area contributed by atoms with Crippen molar-refractivity contribution in [3.05, 3.63) is 34.9 Å². The number of nitrogens with zero attached hydrogens (tertiary/aromatic N) is 1. The number of hydrogen-bond acceptors (Lipinski definition) is 3. The molecule has 0 aromatic heterocycles. The molecule has 2 heterocycles. The Bertz CT molecular complexity index is 577. The molecule has 0 bridgehead atoms. The van der Waals surface area contributed by atoms with E-state index in [9.17, 15) is 0 Å². The van der Waals surface area contributed by atoms with Gasteiger partial charge < -0.3 is 9.47 Å². The highest BCUT2D eigenvalue weighted by molar-refractivity contribution is 5.50. The molecule has 0 saturated heterocycles. The molecule has 0 saturated carbocycles. The van der Waals surface area contributed by atoms with Crippen molar-refractivity contribution >= 4 is 0 Å². The molecule has 3 heteroatoms. The van der Waals surface area contributed by atoms with E-state index in [0.29, 0.717) is 6.04 Å². The van der Waals surface area contributed by atoms with Crippen LogP contribution in [0.15, 0.2) is 23.8 Å². The van der Waals surface area contributed by atoms with E-state index >= 15 is 0 Å². The van der Waals surface area contributed by atoms with Gasteiger partial charge in [-0.1, -0.05) is 25.5 Å². The SMILES string of the molecule is COc1cc2c(cc1OC)[C@H]1CC=C(CC(C)C)CN1CC2. The minimum absolute atomic E-state index is 0.500. The van der Waals surface area contributed by atoms with Gasteiger partial charge in [-0.15, -0.1) is 0 Å². The van der Waals surface area contributed by atoms with Gasteiger partial charge in [0.2, 0.25) is 0 Å². The number of ether oxygens (including phenoxy) is 2. The smallest absolute Gasteiger partial charge is 0.161 e. The summed E-state index contributed by atoms with van der Waals surface area (Å²) in [6.45, 7) is 6.87. The Hall–Kier alpha value is -1.48. The highest BCUT2D eigenvalue weighted by Gasteiger charge is 2.31. The monoisotopic (exact) mass is 301 g/mol. The molecule has 2 aliphatic rings. The van der Waals surface area contributed by atoms with Crippen LogP contribution in [0.5, 0.6) is 11.5 Å². The van der Waals surface area contributed by atoms with Crippen molar-refractivity contribution in [2.75, 3.05) is 27.3 Å². The molecule has 1 aromatic carbocycles. The predicted molar refractivity (Wildman–Crippen MR) is 89.7 cm³/mol. The molecule has 2 aliphatic heterocycles. The molecule has 3 nitrogen and oxygen atoms in total. The number of rotatable bonds is 4. The highest BCUT2D eigenvalue weighted by atomic mass is 16.5. The van der Waals surface area contributed by atoms with Crippen LogP contribution in [0.25, 0.3) is 0 Å². The fraction of sp³-hybridized carbons (Fsp3) is 0.579. The van der Waals surface area contributed by atoms with Crippen LogP contribution < -0.4 is 9.47 Å². The summed E-state index contributed by atoms with van der Waals surface area (Å²) in [6.07, 6.45) is 5.90. The third-order valence-electron chi connectivity index (χ3n) is 4.82. The van der Waals surface area contributed by atoms with Crippen LogP contribution >= 0.6 is 0 Å². The van der Waals surface area contributed by atoms with Crippen molar-refractivity contribution in [1.82, 2.24) is 4.90 Å². The van der Waals surface area contributed by atoms with Crippen LogP contribution in [-0.4, -0.2) is 32.2 Å². The topological polar surface area (TPSA) is 21.7 Å². The van der Waals surface area contributed by atoms with Gasteiger partial charge in [-0.2, -0.15) is 0 Å². The van der Waals surface area contributed by atoms with E-state index in [0.717, 1.165) is 43.3 Å². The number of hydrogen-bond donors (Lipinski definition) is 0. The first-order chi connectivity index (χ1) is 10.6. The fourth-order valence-electron chi connectivity index (χ4n) is 3.82. The Labute approximate surface area is 133 Å². The van der Waals surface area contributed by atoms with Gasteiger partial charge in [-0.3, -0.25) is 4.90 Å². The molecule has 0 aliphatic carbocycles. The Kier molecular flexibility index (Phi) is 4.44. The summed E-state index contributed by atoms with van der Waals surface area (Å²) in [4.78, 5) is 2.63. The van der Waals surface area contributed by atoms with Gasteiger partial charge in [0.1, 0.15) is 0 Å². The lowest BCUT2D eigenvalue weighted by atomic mass is 9.86. The Morgan fingerprint density at radius 1 is 1.18 bits per heavy atom. The quantitative estimate of drug-likeness (QED) is 0.785. The van der Waals surface area contributed by atoms with Gasteiger partial charge in [0, 0.05) is 19.1 Å². The van der Waals surface area contributed by atoms with E-state index in [2.05, 4.69) is 37.0 Å². The van der Waals surface area contributed by atoms with Crippen molar-refractivity contribution in [2.45, 2.75) is 39.2 Å². The average Bonchev–Trinajstić information content (AvgIpc) is 2.52. The predicted octanol–water partition coefficient (Wildman–Crippen LogP) is 3.98. The molecular formula is C19H27NO2. The molecule has 1 atom stereocenters. The summed E-state index contributed by atoms with van der Waals surface area (Å²) in [5.74, 6) is 2.44. The molecule has 0 amide bonds. The van der Waals surface area contributed by atoms with Crippen LogP contribution in [-0.2, 0) is 6.42 Å². The highest BCUT2D eigenvalue weighted by Crippen LogP contribution is 2.41. The first-order valence-corrected chi connectivity index (χ1v) is 8.29. The zero-order chi connectivity index (χ0) is 15.7. The molecule has 22 heavy (non-hydrogen) atoms. The van der Waals surface area contributed by atoms with E-state index < -0.39 is 0 Å². The zero-order valence-corrected chi connectivity index (χ0v) is 14.2. The Balaban J connectivity index is 1.89. The molecule has 0 radical (unpaired) electrons. The Morgan fingerprint density at radius 2 is 1.91 bits per heavy atom. The molecule has 0 N–H and O–H groups in total. The summed E-state index contributed by atoms with van der Waals surface area (Å²) in [7, 11) is 3.42. The van der Waals surface area contributed by atoms with Gasteiger partial charge in [0.15, 0.2) is 11.5 Å². The molecular weight excluding hydrogens is 274 g/mol. The van der Waals surface area contributed by atoms with Crippen LogP contribution in [0.1, 0.15) is 43.9 Å². The lowest BCUT2D eigenvalue weighted by Crippen LogP contribution is -2.39. The Morgan fingerprint density at radius 3 is 2.59 bits per heavy atom. The summed E-state index contributed by atoms with van der Waals surface area (Å²) in [6, 6.07) is 4.85. The number of fused-ring (bicyclic) bond motifs is 3. The molecule has 0 spiro atoms. The normalized spacial score (nSPS) is 21.1. The van der Waals surface area contributed by atoms with Crippen LogP contribution in [0.4, 0.5) is 0 Å². The van der Waals surface area contributed by atoms with Crippen molar-refractivity contribution in [1.29, 1.82) is 0 Å². The summed E-state index contributed by atoms with van der Waals surface area (Å²) < 4.78 is 10.9. The van der Waals surface area contributed by atoms with Crippen molar-refractivity contribution in [3.8, 4) is 11.5 Å². The van der Waals surface area contributed by atoms with Gasteiger partial charge in [0.05, 0.1) is 14.2 Å². The van der Waals surface area contributed by atoms with Crippen molar-refractivity contribution < 1.29 is 9.47 Å². The van der Waals surface area contributed by atoms with Crippen LogP contribution in [0, 0.1) is 5.92 Å². The third kappa shape index (κ3) is 2.87. The molecule has 0 fully saturated rings. The first-order valence-electron chi connectivity index (χ1n) is 8.29. The standard InChI is InChI=1S/C19H27NO2/c1-13(2)9-14-5-6-17-16-11-19(22-4)18(21-3)10-15(16)7-8-20(17)12-14/h5,10-11,13,17H,6-9,12H2,1-4H3/t17-/m1/s1. The molecule has 1 aromatic rings. The lowest BCUT2D eigenvalue weighted by Gasteiger charge is -2.41. The largest absolute Gasteiger partial charge is 0.493 e. The molecule has 3 rings (SSSR count). The zero-order valence-electron chi connectivity index (χ0n) is 14.2. The second-order valence-electron chi connectivity index (χ2n) is 6.84. The fourth-order valence-corrected chi connectivity index (χ4v) is 3.82. The van der Waals surface area contributed by atoms with E-state index in [1.54, 1.807) is 19.8 Å². The van der Waals surface area contributed by atoms with Gasteiger partial charge in [-0.05, 0) is 48.4 Å². The van der Waals surface area contributed by atoms with E-state index in [1.165, 1.54) is 17.5 Å². The van der Waals surface area contributed by atoms with Gasteiger partial charge in [-0.25, -0.2) is 0 Å². The number of methoxy groups -OCH3 is 2. The van der Waals surface area contributed by atoms with Crippen LogP contribution in [0.3, 0.4) is 0 Å². The van der Waals surface area contributed by atoms with Crippen molar-refractivity contribution in [2.24, 2.45) is 5.92 Å². The average molecular weight is 301 g/mol. The molecule has 120 valence electrons. The minimum Gasteiger partial charge on any atom is -0.493 e. The van der Waals surface area contributed by atoms with Gasteiger partial charge in [0.25, 0.3) is 0 Å². The summed E-state index contributed by atoms with van der Waals surface area (Å²) in [5.41, 5.74) is 4.44. The van der Waals surface area contributed by atoms with E-state index in [4.69, 9.17) is 9.47 Å². The number of benzene rings is 1. The lowest BCUT2D eigenvalue weighted by molar-refractivity contribution is 0.187. The maximum atomic E-state index is 5.50. The minimum atomic E-state index is 0.500. The summed E-state index contributed by atoms with van der Waals surface area (Å²) >= 11 is 0. The molecule has 0 unspecified atom stereocenters. The second kappa shape index (κ2) is 6.33. The van der Waals surface area contributed by atoms with Crippen molar-refractivity contribution in [3.63, 3.8) is 0 Å².